The number of nitrogens with one attached hydrogen (secondary N) is 1. The van der Waals surface area contributed by atoms with E-state index in [2.05, 4.69) is 10.3 Å². The number of carbonyl (C=O) groups excluding carboxylic acids is 2. The summed E-state index contributed by atoms with van der Waals surface area (Å²) < 4.78 is 5.03. The van der Waals surface area contributed by atoms with Gasteiger partial charge < -0.3 is 10.1 Å². The molecule has 0 aliphatic carbocycles. The molecule has 0 unspecified atom stereocenters. The molecular formula is C17H13Cl3N2O3. The summed E-state index contributed by atoms with van der Waals surface area (Å²) in [5.74, 6) is -1.13. The van der Waals surface area contributed by atoms with Crippen molar-refractivity contribution in [1.82, 2.24) is 4.98 Å². The van der Waals surface area contributed by atoms with E-state index in [9.17, 15) is 9.59 Å². The molecule has 1 heterocycles. The first-order valence-electron chi connectivity index (χ1n) is 7.12. The summed E-state index contributed by atoms with van der Waals surface area (Å²) >= 11 is 17.6. The molecule has 130 valence electrons. The highest BCUT2D eigenvalue weighted by Crippen LogP contribution is 2.22. The molecule has 1 aromatic carbocycles. The molecular weight excluding hydrogens is 387 g/mol. The van der Waals surface area contributed by atoms with Gasteiger partial charge in [-0.15, -0.1) is 0 Å². The standard InChI is InChI=1S/C17H13Cl3N2O3/c1-10(17(24)22-16-14(20)8-12(18)9-21-16)25-15(23)7-6-11-4-2-3-5-13(11)19/h2-10H,1H3,(H,21,22,24)/b7-6+/t10-/m1/s1. The van der Waals surface area contributed by atoms with Crippen LogP contribution in [0.15, 0.2) is 42.6 Å². The molecule has 0 bridgehead atoms. The summed E-state index contributed by atoms with van der Waals surface area (Å²) in [6.45, 7) is 1.43. The van der Waals surface area contributed by atoms with Crippen molar-refractivity contribution < 1.29 is 14.3 Å². The van der Waals surface area contributed by atoms with E-state index < -0.39 is 18.0 Å². The van der Waals surface area contributed by atoms with E-state index in [1.165, 1.54) is 31.3 Å². The van der Waals surface area contributed by atoms with E-state index in [1.807, 2.05) is 0 Å². The second-order valence-corrected chi connectivity index (χ2v) is 6.16. The third-order valence-electron chi connectivity index (χ3n) is 3.02. The summed E-state index contributed by atoms with van der Waals surface area (Å²) in [6, 6.07) is 8.45. The molecule has 1 N–H and O–H groups in total. The second-order valence-electron chi connectivity index (χ2n) is 4.91. The number of amides is 1. The predicted molar refractivity (Wildman–Crippen MR) is 98.9 cm³/mol. The zero-order valence-electron chi connectivity index (χ0n) is 13.0. The highest BCUT2D eigenvalue weighted by molar-refractivity contribution is 6.36. The smallest absolute Gasteiger partial charge is 0.331 e. The van der Waals surface area contributed by atoms with Crippen LogP contribution in [0.2, 0.25) is 15.1 Å². The van der Waals surface area contributed by atoms with Gasteiger partial charge in [0.05, 0.1) is 10.0 Å². The molecule has 0 saturated carbocycles. The van der Waals surface area contributed by atoms with Crippen LogP contribution in [0.3, 0.4) is 0 Å². The van der Waals surface area contributed by atoms with Crippen LogP contribution < -0.4 is 5.32 Å². The van der Waals surface area contributed by atoms with Gasteiger partial charge in [-0.25, -0.2) is 9.78 Å². The van der Waals surface area contributed by atoms with E-state index in [1.54, 1.807) is 24.3 Å². The van der Waals surface area contributed by atoms with Gasteiger partial charge >= 0.3 is 5.97 Å². The molecule has 0 aliphatic rings. The first kappa shape index (κ1) is 19.2. The number of aromatic nitrogens is 1. The Morgan fingerprint density at radius 2 is 1.92 bits per heavy atom. The molecule has 1 aromatic heterocycles. The molecule has 0 aliphatic heterocycles. The lowest BCUT2D eigenvalue weighted by atomic mass is 10.2. The molecule has 1 amide bonds. The number of hydrogen-bond donors (Lipinski definition) is 1. The Labute approximate surface area is 159 Å². The van der Waals surface area contributed by atoms with Gasteiger partial charge in [-0.1, -0.05) is 53.0 Å². The van der Waals surface area contributed by atoms with Gasteiger partial charge in [0.25, 0.3) is 5.91 Å². The van der Waals surface area contributed by atoms with Crippen molar-refractivity contribution in [2.45, 2.75) is 13.0 Å². The molecule has 0 spiro atoms. The Bertz CT molecular complexity index is 825. The minimum atomic E-state index is -1.04. The minimum absolute atomic E-state index is 0.130. The largest absolute Gasteiger partial charge is 0.449 e. The van der Waals surface area contributed by atoms with Crippen LogP contribution in [0.25, 0.3) is 6.08 Å². The van der Waals surface area contributed by atoms with Crippen LogP contribution in [-0.2, 0) is 14.3 Å². The zero-order valence-corrected chi connectivity index (χ0v) is 15.3. The second kappa shape index (κ2) is 8.85. The van der Waals surface area contributed by atoms with Gasteiger partial charge in [0, 0.05) is 17.3 Å². The van der Waals surface area contributed by atoms with Crippen LogP contribution in [0.5, 0.6) is 0 Å². The Morgan fingerprint density at radius 3 is 2.60 bits per heavy atom. The van der Waals surface area contributed by atoms with E-state index in [-0.39, 0.29) is 10.8 Å². The molecule has 2 aromatic rings. The fourth-order valence-electron chi connectivity index (χ4n) is 1.76. The van der Waals surface area contributed by atoms with Crippen molar-refractivity contribution in [1.29, 1.82) is 0 Å². The topological polar surface area (TPSA) is 68.3 Å². The summed E-state index contributed by atoms with van der Waals surface area (Å²) in [6.07, 6.45) is 2.99. The number of esters is 1. The SMILES string of the molecule is C[C@@H](OC(=O)/C=C/c1ccccc1Cl)C(=O)Nc1ncc(Cl)cc1Cl. The molecule has 0 saturated heterocycles. The van der Waals surface area contributed by atoms with Crippen LogP contribution in [0.1, 0.15) is 12.5 Å². The highest BCUT2D eigenvalue weighted by atomic mass is 35.5. The Kier molecular flexibility index (Phi) is 6.82. The molecule has 1 atom stereocenters. The van der Waals surface area contributed by atoms with Crippen molar-refractivity contribution in [3.63, 3.8) is 0 Å². The zero-order chi connectivity index (χ0) is 18.4. The third-order valence-corrected chi connectivity index (χ3v) is 3.85. The van der Waals surface area contributed by atoms with Crippen molar-refractivity contribution in [2.75, 3.05) is 5.32 Å². The lowest BCUT2D eigenvalue weighted by Crippen LogP contribution is -2.29. The number of ether oxygens (including phenoxy) is 1. The lowest BCUT2D eigenvalue weighted by Gasteiger charge is -2.12. The van der Waals surface area contributed by atoms with Gasteiger partial charge in [0.2, 0.25) is 0 Å². The molecule has 0 fully saturated rings. The first-order chi connectivity index (χ1) is 11.9. The number of carbonyl (C=O) groups is 2. The van der Waals surface area contributed by atoms with Crippen LogP contribution in [0.4, 0.5) is 5.82 Å². The highest BCUT2D eigenvalue weighted by Gasteiger charge is 2.18. The van der Waals surface area contributed by atoms with Gasteiger partial charge in [-0.2, -0.15) is 0 Å². The predicted octanol–water partition coefficient (Wildman–Crippen LogP) is 4.63. The van der Waals surface area contributed by atoms with Gasteiger partial charge in [-0.05, 0) is 30.7 Å². The van der Waals surface area contributed by atoms with Crippen LogP contribution in [0, 0.1) is 0 Å². The number of benzene rings is 1. The van der Waals surface area contributed by atoms with E-state index in [4.69, 9.17) is 39.5 Å². The Balaban J connectivity index is 1.94. The average Bonchev–Trinajstić information content (AvgIpc) is 2.56. The average molecular weight is 400 g/mol. The van der Waals surface area contributed by atoms with Gasteiger partial charge in [0.15, 0.2) is 11.9 Å². The number of pyridine rings is 1. The molecule has 5 nitrogen and oxygen atoms in total. The summed E-state index contributed by atoms with van der Waals surface area (Å²) in [7, 11) is 0. The maximum Gasteiger partial charge on any atom is 0.331 e. The number of anilines is 1. The number of nitrogens with zero attached hydrogens (tertiary/aromatic N) is 1. The molecule has 0 radical (unpaired) electrons. The van der Waals surface area contributed by atoms with Crippen molar-refractivity contribution >= 4 is 58.6 Å². The quantitative estimate of drug-likeness (QED) is 0.588. The van der Waals surface area contributed by atoms with Crippen molar-refractivity contribution in [2.24, 2.45) is 0 Å². The third kappa shape index (κ3) is 5.74. The Morgan fingerprint density at radius 1 is 1.20 bits per heavy atom. The van der Waals surface area contributed by atoms with E-state index in [0.29, 0.717) is 15.6 Å². The van der Waals surface area contributed by atoms with Crippen LogP contribution >= 0.6 is 34.8 Å². The molecule has 2 rings (SSSR count). The monoisotopic (exact) mass is 398 g/mol. The summed E-state index contributed by atoms with van der Waals surface area (Å²) in [5.41, 5.74) is 0.662. The number of halogens is 3. The van der Waals surface area contributed by atoms with Gasteiger partial charge in [-0.3, -0.25) is 4.79 Å². The first-order valence-corrected chi connectivity index (χ1v) is 8.25. The van der Waals surface area contributed by atoms with E-state index in [0.717, 1.165) is 0 Å². The minimum Gasteiger partial charge on any atom is -0.449 e. The van der Waals surface area contributed by atoms with Crippen LogP contribution in [-0.4, -0.2) is 23.0 Å². The van der Waals surface area contributed by atoms with Crippen molar-refractivity contribution in [3.05, 3.63) is 63.2 Å². The molecule has 8 heteroatoms. The fourth-order valence-corrected chi connectivity index (χ4v) is 2.39. The fraction of sp³-hybridized carbons (Fsp3) is 0.118. The van der Waals surface area contributed by atoms with Crippen molar-refractivity contribution in [3.8, 4) is 0 Å². The molecule has 25 heavy (non-hydrogen) atoms. The maximum atomic E-state index is 12.0. The maximum absolute atomic E-state index is 12.0. The summed E-state index contributed by atoms with van der Waals surface area (Å²) in [5, 5.41) is 3.48. The number of hydrogen-bond acceptors (Lipinski definition) is 4. The van der Waals surface area contributed by atoms with Gasteiger partial charge in [0.1, 0.15) is 0 Å². The lowest BCUT2D eigenvalue weighted by molar-refractivity contribution is -0.148. The normalized spacial score (nSPS) is 12.0. The number of rotatable bonds is 5. The Hall–Kier alpha value is -2.08. The summed E-state index contributed by atoms with van der Waals surface area (Å²) in [4.78, 5) is 27.8. The van der Waals surface area contributed by atoms with E-state index >= 15 is 0 Å².